The SMILES string of the molecule is C=CC(=O)Nc1cc2c(Nc3ccnc(-c4ccc(F)cc4F)c3)ncnc2cc1OCCCN1CCN(CC)CC1. The molecular weight excluding hydrogens is 540 g/mol. The lowest BCUT2D eigenvalue weighted by molar-refractivity contribution is -0.111. The highest BCUT2D eigenvalue weighted by Crippen LogP contribution is 2.34. The zero-order valence-corrected chi connectivity index (χ0v) is 23.4. The predicted molar refractivity (Wildman–Crippen MR) is 160 cm³/mol. The van der Waals surface area contributed by atoms with E-state index in [-0.39, 0.29) is 11.5 Å². The van der Waals surface area contributed by atoms with Gasteiger partial charge < -0.3 is 25.2 Å². The van der Waals surface area contributed by atoms with Crippen LogP contribution in [0.1, 0.15) is 13.3 Å². The molecule has 0 radical (unpaired) electrons. The predicted octanol–water partition coefficient (Wildman–Crippen LogP) is 5.24. The van der Waals surface area contributed by atoms with Gasteiger partial charge in [-0.15, -0.1) is 0 Å². The lowest BCUT2D eigenvalue weighted by Crippen LogP contribution is -2.46. The molecule has 1 fully saturated rings. The number of hydrogen-bond donors (Lipinski definition) is 2. The lowest BCUT2D eigenvalue weighted by atomic mass is 10.1. The van der Waals surface area contributed by atoms with Crippen LogP contribution in [0, 0.1) is 11.6 Å². The molecule has 1 aliphatic rings. The summed E-state index contributed by atoms with van der Waals surface area (Å²) in [6, 6.07) is 10.2. The molecule has 2 aromatic heterocycles. The first-order chi connectivity index (χ1) is 20.4. The molecule has 5 rings (SSSR count). The van der Waals surface area contributed by atoms with Crippen molar-refractivity contribution in [3.63, 3.8) is 0 Å². The maximum Gasteiger partial charge on any atom is 0.247 e. The molecule has 0 unspecified atom stereocenters. The van der Waals surface area contributed by atoms with E-state index in [9.17, 15) is 13.6 Å². The Labute approximate surface area is 243 Å². The first-order valence-electron chi connectivity index (χ1n) is 13.9. The van der Waals surface area contributed by atoms with E-state index in [0.29, 0.717) is 46.1 Å². The van der Waals surface area contributed by atoms with Crippen molar-refractivity contribution in [2.24, 2.45) is 0 Å². The number of ether oxygens (including phenoxy) is 1. The number of likely N-dealkylation sites (N-methyl/N-ethyl adjacent to an activating group) is 1. The fraction of sp³-hybridized carbons (Fsp3) is 0.290. The van der Waals surface area contributed by atoms with Crippen LogP contribution in [0.2, 0.25) is 0 Å². The van der Waals surface area contributed by atoms with E-state index in [1.54, 1.807) is 24.3 Å². The maximum atomic E-state index is 14.4. The molecule has 1 amide bonds. The molecule has 0 spiro atoms. The molecular formula is C31H33F2N7O2. The highest BCUT2D eigenvalue weighted by Gasteiger charge is 2.16. The van der Waals surface area contributed by atoms with Crippen molar-refractivity contribution in [3.8, 4) is 17.0 Å². The van der Waals surface area contributed by atoms with Gasteiger partial charge in [-0.05, 0) is 49.4 Å². The number of pyridine rings is 1. The summed E-state index contributed by atoms with van der Waals surface area (Å²) in [4.78, 5) is 30.2. The van der Waals surface area contributed by atoms with Gasteiger partial charge in [0.15, 0.2) is 0 Å². The Bertz CT molecular complexity index is 1570. The van der Waals surface area contributed by atoms with E-state index in [1.807, 2.05) is 0 Å². The van der Waals surface area contributed by atoms with Gasteiger partial charge >= 0.3 is 0 Å². The first-order valence-corrected chi connectivity index (χ1v) is 13.9. The topological polar surface area (TPSA) is 95.5 Å². The number of anilines is 3. The number of benzene rings is 2. The Morgan fingerprint density at radius 2 is 1.86 bits per heavy atom. The minimum Gasteiger partial charge on any atom is -0.491 e. The molecule has 0 bridgehead atoms. The molecule has 218 valence electrons. The molecule has 2 aromatic carbocycles. The number of amides is 1. The van der Waals surface area contributed by atoms with Gasteiger partial charge in [-0.2, -0.15) is 0 Å². The van der Waals surface area contributed by atoms with Gasteiger partial charge in [0.2, 0.25) is 5.91 Å². The lowest BCUT2D eigenvalue weighted by Gasteiger charge is -2.33. The van der Waals surface area contributed by atoms with Crippen LogP contribution in [0.3, 0.4) is 0 Å². The molecule has 4 aromatic rings. The van der Waals surface area contributed by atoms with Gasteiger partial charge in [0, 0.05) is 67.7 Å². The van der Waals surface area contributed by atoms with Crippen LogP contribution >= 0.6 is 0 Å². The number of aromatic nitrogens is 3. The second-order valence-corrected chi connectivity index (χ2v) is 9.94. The van der Waals surface area contributed by atoms with Crippen molar-refractivity contribution >= 4 is 34.0 Å². The molecule has 0 aliphatic carbocycles. The number of piperazine rings is 1. The van der Waals surface area contributed by atoms with Gasteiger partial charge in [-0.3, -0.25) is 9.78 Å². The molecule has 0 atom stereocenters. The van der Waals surface area contributed by atoms with Crippen LogP contribution in [-0.4, -0.2) is 76.5 Å². The number of nitrogens with one attached hydrogen (secondary N) is 2. The van der Waals surface area contributed by atoms with Crippen LogP contribution in [-0.2, 0) is 4.79 Å². The van der Waals surface area contributed by atoms with Crippen LogP contribution in [0.5, 0.6) is 5.75 Å². The zero-order chi connectivity index (χ0) is 29.5. The van der Waals surface area contributed by atoms with E-state index >= 15 is 0 Å². The fourth-order valence-corrected chi connectivity index (χ4v) is 4.87. The second kappa shape index (κ2) is 13.5. The van der Waals surface area contributed by atoms with E-state index in [0.717, 1.165) is 51.8 Å². The summed E-state index contributed by atoms with van der Waals surface area (Å²) in [7, 11) is 0. The Kier molecular flexibility index (Phi) is 9.30. The standard InChI is InChI=1S/C31H33F2N7O2/c1-3-30(41)38-28-18-24-27(19-29(28)42-15-5-10-40-13-11-39(4-2)12-14-40)35-20-36-31(24)37-22-8-9-34-26(17-22)23-7-6-21(32)16-25(23)33/h3,6-9,16-20H,1,4-5,10-15H2,2H3,(H,38,41)(H,34,35,36,37). The van der Waals surface area contributed by atoms with Gasteiger partial charge in [0.05, 0.1) is 23.5 Å². The normalized spacial score (nSPS) is 14.1. The molecule has 3 heterocycles. The third-order valence-electron chi connectivity index (χ3n) is 7.20. The summed E-state index contributed by atoms with van der Waals surface area (Å²) in [5.74, 6) is -0.785. The average molecular weight is 574 g/mol. The van der Waals surface area contributed by atoms with E-state index in [1.165, 1.54) is 30.7 Å². The van der Waals surface area contributed by atoms with Crippen molar-refractivity contribution in [2.75, 3.05) is 56.5 Å². The van der Waals surface area contributed by atoms with Crippen LogP contribution < -0.4 is 15.4 Å². The Balaban J connectivity index is 1.35. The van der Waals surface area contributed by atoms with E-state index < -0.39 is 11.6 Å². The van der Waals surface area contributed by atoms with Gasteiger partial charge in [-0.1, -0.05) is 13.5 Å². The molecule has 9 nitrogen and oxygen atoms in total. The number of nitrogens with zero attached hydrogens (tertiary/aromatic N) is 5. The summed E-state index contributed by atoms with van der Waals surface area (Å²) in [6.45, 7) is 12.5. The molecule has 0 saturated carbocycles. The van der Waals surface area contributed by atoms with Crippen LogP contribution in [0.15, 0.2) is 67.6 Å². The average Bonchev–Trinajstić information content (AvgIpc) is 3.00. The van der Waals surface area contributed by atoms with Crippen molar-refractivity contribution in [2.45, 2.75) is 13.3 Å². The molecule has 1 aliphatic heterocycles. The number of carbonyl (C=O) groups is 1. The third kappa shape index (κ3) is 7.04. The van der Waals surface area contributed by atoms with Crippen molar-refractivity contribution in [1.82, 2.24) is 24.8 Å². The quantitative estimate of drug-likeness (QED) is 0.186. The fourth-order valence-electron chi connectivity index (χ4n) is 4.87. The monoisotopic (exact) mass is 573 g/mol. The third-order valence-corrected chi connectivity index (χ3v) is 7.20. The Morgan fingerprint density at radius 1 is 1.05 bits per heavy atom. The highest BCUT2D eigenvalue weighted by molar-refractivity contribution is 6.03. The van der Waals surface area contributed by atoms with Crippen LogP contribution in [0.4, 0.5) is 26.0 Å². The zero-order valence-electron chi connectivity index (χ0n) is 23.4. The summed E-state index contributed by atoms with van der Waals surface area (Å²) in [5.41, 5.74) is 2.16. The Hall–Kier alpha value is -4.48. The Morgan fingerprint density at radius 3 is 2.62 bits per heavy atom. The van der Waals surface area contributed by atoms with Crippen molar-refractivity contribution in [1.29, 1.82) is 0 Å². The van der Waals surface area contributed by atoms with Gasteiger partial charge in [-0.25, -0.2) is 18.7 Å². The van der Waals surface area contributed by atoms with Crippen LogP contribution in [0.25, 0.3) is 22.2 Å². The number of carbonyl (C=O) groups excluding carboxylic acids is 1. The number of rotatable bonds is 11. The largest absolute Gasteiger partial charge is 0.491 e. The summed E-state index contributed by atoms with van der Waals surface area (Å²) >= 11 is 0. The van der Waals surface area contributed by atoms with E-state index in [4.69, 9.17) is 4.74 Å². The minimum atomic E-state index is -0.707. The number of halogens is 2. The van der Waals surface area contributed by atoms with Gasteiger partial charge in [0.25, 0.3) is 0 Å². The molecule has 42 heavy (non-hydrogen) atoms. The van der Waals surface area contributed by atoms with E-state index in [2.05, 4.69) is 48.9 Å². The summed E-state index contributed by atoms with van der Waals surface area (Å²) in [5, 5.41) is 6.68. The van der Waals surface area contributed by atoms with Crippen molar-refractivity contribution < 1.29 is 18.3 Å². The molecule has 2 N–H and O–H groups in total. The minimum absolute atomic E-state index is 0.173. The summed E-state index contributed by atoms with van der Waals surface area (Å²) in [6.07, 6.45) is 4.98. The van der Waals surface area contributed by atoms with Crippen molar-refractivity contribution in [3.05, 3.63) is 79.3 Å². The number of fused-ring (bicyclic) bond motifs is 1. The number of hydrogen-bond acceptors (Lipinski definition) is 8. The second-order valence-electron chi connectivity index (χ2n) is 9.94. The maximum absolute atomic E-state index is 14.4. The molecule has 1 saturated heterocycles. The highest BCUT2D eigenvalue weighted by atomic mass is 19.1. The smallest absolute Gasteiger partial charge is 0.247 e. The molecule has 11 heteroatoms. The van der Waals surface area contributed by atoms with Gasteiger partial charge in [0.1, 0.15) is 29.5 Å². The first kappa shape index (κ1) is 29.0. The summed E-state index contributed by atoms with van der Waals surface area (Å²) < 4.78 is 33.9.